The van der Waals surface area contributed by atoms with Crippen LogP contribution in [0.5, 0.6) is 5.75 Å². The van der Waals surface area contributed by atoms with Gasteiger partial charge in [0.25, 0.3) is 11.8 Å². The minimum Gasteiger partial charge on any atom is -0.482 e. The number of rotatable bonds is 4. The fourth-order valence-electron chi connectivity index (χ4n) is 2.57. The summed E-state index contributed by atoms with van der Waals surface area (Å²) in [5, 5.41) is 11.7. The fraction of sp³-hybridized carbons (Fsp3) is 0.235. The van der Waals surface area contributed by atoms with Crippen LogP contribution in [0, 0.1) is 6.92 Å². The highest BCUT2D eigenvalue weighted by Crippen LogP contribution is 2.29. The second-order valence-electron chi connectivity index (χ2n) is 5.70. The van der Waals surface area contributed by atoms with E-state index in [2.05, 4.69) is 5.32 Å². The van der Waals surface area contributed by atoms with E-state index in [0.717, 1.165) is 0 Å². The summed E-state index contributed by atoms with van der Waals surface area (Å²) in [6, 6.07) is 6.16. The van der Waals surface area contributed by atoms with Crippen LogP contribution < -0.4 is 10.1 Å². The van der Waals surface area contributed by atoms with E-state index < -0.39 is 5.97 Å². The molecule has 1 aliphatic heterocycles. The van der Waals surface area contributed by atoms with Gasteiger partial charge in [-0.25, -0.2) is 4.79 Å². The van der Waals surface area contributed by atoms with Gasteiger partial charge in [0.1, 0.15) is 22.8 Å². The van der Waals surface area contributed by atoms with Gasteiger partial charge in [-0.1, -0.05) is 0 Å². The van der Waals surface area contributed by atoms with Gasteiger partial charge < -0.3 is 24.5 Å². The van der Waals surface area contributed by atoms with Crippen molar-refractivity contribution in [3.8, 4) is 5.75 Å². The predicted molar refractivity (Wildman–Crippen MR) is 86.8 cm³/mol. The molecule has 0 fully saturated rings. The first-order chi connectivity index (χ1) is 11.8. The Labute approximate surface area is 143 Å². The monoisotopic (exact) mass is 344 g/mol. The molecular weight excluding hydrogens is 328 g/mol. The number of carbonyl (C=O) groups excluding carboxylic acids is 2. The topological polar surface area (TPSA) is 109 Å². The number of amides is 2. The first-order valence-electron chi connectivity index (χ1n) is 7.50. The third kappa shape index (κ3) is 3.32. The molecule has 0 unspecified atom stereocenters. The number of aryl methyl sites for hydroxylation is 1. The number of carboxylic acid groups (broad SMARTS) is 1. The Hall–Kier alpha value is -3.29. The van der Waals surface area contributed by atoms with Crippen molar-refractivity contribution < 1.29 is 28.6 Å². The minimum absolute atomic E-state index is 0.0776. The van der Waals surface area contributed by atoms with E-state index >= 15 is 0 Å². The van der Waals surface area contributed by atoms with Crippen LogP contribution in [0.1, 0.15) is 32.2 Å². The Kier molecular flexibility index (Phi) is 4.18. The smallest absolute Gasteiger partial charge is 0.339 e. The van der Waals surface area contributed by atoms with Crippen molar-refractivity contribution in [3.63, 3.8) is 0 Å². The Morgan fingerprint density at radius 2 is 2.08 bits per heavy atom. The van der Waals surface area contributed by atoms with Crippen LogP contribution in [0.2, 0.25) is 0 Å². The van der Waals surface area contributed by atoms with Gasteiger partial charge in [-0.05, 0) is 31.2 Å². The van der Waals surface area contributed by atoms with Crippen molar-refractivity contribution in [1.29, 1.82) is 0 Å². The van der Waals surface area contributed by atoms with Gasteiger partial charge >= 0.3 is 5.97 Å². The molecule has 2 amide bonds. The van der Waals surface area contributed by atoms with Crippen molar-refractivity contribution in [2.75, 3.05) is 19.0 Å². The highest BCUT2D eigenvalue weighted by Gasteiger charge is 2.21. The lowest BCUT2D eigenvalue weighted by Gasteiger charge is -2.20. The Bertz CT molecular complexity index is 870. The second-order valence-corrected chi connectivity index (χ2v) is 5.70. The van der Waals surface area contributed by atoms with E-state index in [1.54, 1.807) is 32.2 Å². The van der Waals surface area contributed by atoms with E-state index in [0.29, 0.717) is 28.5 Å². The van der Waals surface area contributed by atoms with Crippen molar-refractivity contribution >= 4 is 23.5 Å². The van der Waals surface area contributed by atoms with Gasteiger partial charge in [0, 0.05) is 12.6 Å². The summed E-state index contributed by atoms with van der Waals surface area (Å²) in [6.07, 6.45) is 0. The second kappa shape index (κ2) is 6.31. The maximum absolute atomic E-state index is 12.5. The summed E-state index contributed by atoms with van der Waals surface area (Å²) in [4.78, 5) is 36.3. The Morgan fingerprint density at radius 3 is 2.76 bits per heavy atom. The summed E-state index contributed by atoms with van der Waals surface area (Å²) in [5.41, 5.74) is 0.983. The summed E-state index contributed by atoms with van der Waals surface area (Å²) in [6.45, 7) is 1.59. The molecule has 0 bridgehead atoms. The van der Waals surface area contributed by atoms with Crippen molar-refractivity contribution in [2.24, 2.45) is 0 Å². The molecular formula is C17H16N2O6. The molecule has 130 valence electrons. The first-order valence-corrected chi connectivity index (χ1v) is 7.50. The number of nitrogens with zero attached hydrogens (tertiary/aromatic N) is 1. The van der Waals surface area contributed by atoms with E-state index in [-0.39, 0.29) is 30.5 Å². The van der Waals surface area contributed by atoms with Crippen molar-refractivity contribution in [2.45, 2.75) is 13.5 Å². The van der Waals surface area contributed by atoms with Crippen LogP contribution in [0.4, 0.5) is 5.69 Å². The number of hydrogen-bond donors (Lipinski definition) is 2. The van der Waals surface area contributed by atoms with Crippen molar-refractivity contribution in [3.05, 3.63) is 46.9 Å². The Morgan fingerprint density at radius 1 is 1.32 bits per heavy atom. The van der Waals surface area contributed by atoms with E-state index in [1.165, 1.54) is 11.0 Å². The molecule has 0 spiro atoms. The zero-order valence-corrected chi connectivity index (χ0v) is 13.7. The largest absolute Gasteiger partial charge is 0.482 e. The highest BCUT2D eigenvalue weighted by molar-refractivity contribution is 5.99. The standard InChI is InChI=1S/C17H16N2O6/c1-9-12(17(22)23)6-11(25-9)7-19(2)16(21)10-3-4-13-14(5-10)24-8-15(20)18-13/h3-6H,7-8H2,1-2H3,(H,18,20)(H,22,23). The molecule has 0 saturated carbocycles. The van der Waals surface area contributed by atoms with Gasteiger partial charge in [-0.15, -0.1) is 0 Å². The maximum atomic E-state index is 12.5. The van der Waals surface area contributed by atoms with Crippen LogP contribution in [0.25, 0.3) is 0 Å². The molecule has 2 heterocycles. The third-order valence-corrected chi connectivity index (χ3v) is 3.80. The molecule has 1 aromatic carbocycles. The lowest BCUT2D eigenvalue weighted by Crippen LogP contribution is -2.28. The lowest BCUT2D eigenvalue weighted by atomic mass is 10.1. The molecule has 3 rings (SSSR count). The van der Waals surface area contributed by atoms with Gasteiger partial charge in [0.05, 0.1) is 12.2 Å². The SMILES string of the molecule is Cc1oc(CN(C)C(=O)c2ccc3c(c2)OCC(=O)N3)cc1C(=O)O. The number of aromatic carboxylic acids is 1. The number of nitrogens with one attached hydrogen (secondary N) is 1. The van der Waals surface area contributed by atoms with Gasteiger partial charge in [-0.3, -0.25) is 9.59 Å². The van der Waals surface area contributed by atoms with Gasteiger partial charge in [0.15, 0.2) is 6.61 Å². The summed E-state index contributed by atoms with van der Waals surface area (Å²) in [7, 11) is 1.59. The molecule has 8 heteroatoms. The zero-order valence-electron chi connectivity index (χ0n) is 13.7. The van der Waals surface area contributed by atoms with Gasteiger partial charge in [0.2, 0.25) is 0 Å². The molecule has 8 nitrogen and oxygen atoms in total. The maximum Gasteiger partial charge on any atom is 0.339 e. The van der Waals surface area contributed by atoms with Crippen LogP contribution in [0.15, 0.2) is 28.7 Å². The van der Waals surface area contributed by atoms with E-state index in [4.69, 9.17) is 14.3 Å². The molecule has 0 atom stereocenters. The van der Waals surface area contributed by atoms with Crippen LogP contribution in [-0.2, 0) is 11.3 Å². The number of ether oxygens (including phenoxy) is 1. The molecule has 2 N–H and O–H groups in total. The van der Waals surface area contributed by atoms with Crippen LogP contribution in [-0.4, -0.2) is 41.4 Å². The number of hydrogen-bond acceptors (Lipinski definition) is 5. The number of furan rings is 1. The fourth-order valence-corrected chi connectivity index (χ4v) is 2.57. The number of carbonyl (C=O) groups is 3. The number of anilines is 1. The molecule has 1 aromatic heterocycles. The quantitative estimate of drug-likeness (QED) is 0.876. The molecule has 1 aliphatic rings. The minimum atomic E-state index is -1.07. The summed E-state index contributed by atoms with van der Waals surface area (Å²) in [5.74, 6) is -0.495. The van der Waals surface area contributed by atoms with Crippen molar-refractivity contribution in [1.82, 2.24) is 4.90 Å². The number of carboxylic acids is 1. The molecule has 2 aromatic rings. The van der Waals surface area contributed by atoms with Crippen LogP contribution >= 0.6 is 0 Å². The molecule has 0 radical (unpaired) electrons. The highest BCUT2D eigenvalue weighted by atomic mass is 16.5. The average molecular weight is 344 g/mol. The molecule has 25 heavy (non-hydrogen) atoms. The molecule has 0 aliphatic carbocycles. The predicted octanol–water partition coefficient (Wildman–Crippen LogP) is 1.89. The summed E-state index contributed by atoms with van der Waals surface area (Å²) < 4.78 is 10.7. The number of benzene rings is 1. The van der Waals surface area contributed by atoms with Gasteiger partial charge in [-0.2, -0.15) is 0 Å². The molecule has 0 saturated heterocycles. The normalized spacial score (nSPS) is 12.8. The van der Waals surface area contributed by atoms with E-state index in [9.17, 15) is 14.4 Å². The number of fused-ring (bicyclic) bond motifs is 1. The zero-order chi connectivity index (χ0) is 18.1. The average Bonchev–Trinajstić information content (AvgIpc) is 2.94. The summed E-state index contributed by atoms with van der Waals surface area (Å²) >= 11 is 0. The third-order valence-electron chi connectivity index (χ3n) is 3.80. The Balaban J connectivity index is 1.75. The van der Waals surface area contributed by atoms with E-state index in [1.807, 2.05) is 0 Å². The lowest BCUT2D eigenvalue weighted by molar-refractivity contribution is -0.118. The van der Waals surface area contributed by atoms with Crippen LogP contribution in [0.3, 0.4) is 0 Å². The first kappa shape index (κ1) is 16.6.